The first kappa shape index (κ1) is 22.2. The largest absolute Gasteiger partial charge is 0.461 e. The molecule has 0 unspecified atom stereocenters. The van der Waals surface area contributed by atoms with Crippen molar-refractivity contribution in [3.63, 3.8) is 0 Å². The van der Waals surface area contributed by atoms with Gasteiger partial charge in [-0.1, -0.05) is 0 Å². The van der Waals surface area contributed by atoms with E-state index in [9.17, 15) is 13.6 Å². The number of nitrogens with two attached hydrogens (primary N) is 1. The van der Waals surface area contributed by atoms with Crippen LogP contribution in [0, 0.1) is 11.6 Å². The zero-order chi connectivity index (χ0) is 24.8. The van der Waals surface area contributed by atoms with Crippen molar-refractivity contribution >= 4 is 29.3 Å². The van der Waals surface area contributed by atoms with Gasteiger partial charge in [-0.3, -0.25) is 4.79 Å². The molecule has 2 aliphatic rings. The van der Waals surface area contributed by atoms with Crippen LogP contribution in [0.5, 0.6) is 0 Å². The Hall–Kier alpha value is -4.29. The topological polar surface area (TPSA) is 122 Å². The fourth-order valence-corrected chi connectivity index (χ4v) is 4.81. The summed E-state index contributed by atoms with van der Waals surface area (Å²) in [5.41, 5.74) is 6.48. The van der Waals surface area contributed by atoms with Gasteiger partial charge in [0.1, 0.15) is 17.7 Å². The molecule has 4 aromatic rings. The third kappa shape index (κ3) is 3.85. The highest BCUT2D eigenvalue weighted by molar-refractivity contribution is 5.85. The number of rotatable bonds is 4. The van der Waals surface area contributed by atoms with Crippen LogP contribution in [0.25, 0.3) is 17.4 Å². The van der Waals surface area contributed by atoms with Crippen LogP contribution in [0.4, 0.5) is 26.4 Å². The van der Waals surface area contributed by atoms with Crippen molar-refractivity contribution in [2.24, 2.45) is 0 Å². The van der Waals surface area contributed by atoms with Crippen molar-refractivity contribution in [3.05, 3.63) is 48.2 Å². The zero-order valence-corrected chi connectivity index (χ0v) is 19.2. The molecule has 0 saturated carbocycles. The second kappa shape index (κ2) is 8.73. The summed E-state index contributed by atoms with van der Waals surface area (Å²) in [5.74, 6) is 0.248. The van der Waals surface area contributed by atoms with E-state index in [0.717, 1.165) is 12.5 Å². The van der Waals surface area contributed by atoms with Gasteiger partial charge < -0.3 is 24.9 Å². The Kier molecular flexibility index (Phi) is 5.38. The first-order valence-electron chi connectivity index (χ1n) is 11.7. The number of fused-ring (bicyclic) bond motifs is 1. The summed E-state index contributed by atoms with van der Waals surface area (Å²) in [6.45, 7) is 2.36. The lowest BCUT2D eigenvalue weighted by Gasteiger charge is -2.38. The maximum Gasteiger partial charge on any atom is 0.259 e. The molecule has 0 bridgehead atoms. The maximum atomic E-state index is 14.2. The molecule has 2 aliphatic heterocycles. The molecular formula is C23H23F2N9O2. The maximum absolute atomic E-state index is 14.2. The number of hydrogen-bond acceptors (Lipinski definition) is 9. The van der Waals surface area contributed by atoms with Crippen LogP contribution in [0.15, 0.2) is 41.0 Å². The molecule has 0 spiro atoms. The Balaban J connectivity index is 1.19. The number of furan rings is 1. The van der Waals surface area contributed by atoms with E-state index in [1.807, 2.05) is 9.80 Å². The molecule has 0 radical (unpaired) electrons. The molecule has 36 heavy (non-hydrogen) atoms. The Labute approximate surface area is 204 Å². The van der Waals surface area contributed by atoms with E-state index in [4.69, 9.17) is 10.2 Å². The Morgan fingerprint density at radius 1 is 1.06 bits per heavy atom. The monoisotopic (exact) mass is 495 g/mol. The van der Waals surface area contributed by atoms with Gasteiger partial charge in [0.2, 0.25) is 23.6 Å². The molecule has 11 nitrogen and oxygen atoms in total. The fraction of sp³-hybridized carbons (Fsp3) is 0.348. The van der Waals surface area contributed by atoms with E-state index < -0.39 is 17.7 Å². The molecule has 186 valence electrons. The standard InChI is InChI=1S/C23H23F2N9O2/c24-14-5-6-16(15(25)13-14)31-8-10-32(11-9-31)20(35)17-3-1-7-33(17)22-28-21(26)34-23(29-22)27-19(30-34)18-4-2-12-36-18/h2,4-6,12-13,17H,1,3,7-11H2,(H2,26,27,28,29,30)/t17-/m1/s1. The average Bonchev–Trinajstić information content (AvgIpc) is 3.64. The van der Waals surface area contributed by atoms with Crippen LogP contribution in [-0.2, 0) is 4.79 Å². The molecular weight excluding hydrogens is 472 g/mol. The number of nitrogens with zero attached hydrogens (tertiary/aromatic N) is 8. The third-order valence-electron chi connectivity index (χ3n) is 6.60. The molecule has 13 heteroatoms. The van der Waals surface area contributed by atoms with Gasteiger partial charge in [-0.05, 0) is 37.1 Å². The summed E-state index contributed by atoms with van der Waals surface area (Å²) in [6.07, 6.45) is 2.98. The van der Waals surface area contributed by atoms with E-state index >= 15 is 0 Å². The summed E-state index contributed by atoms with van der Waals surface area (Å²) in [7, 11) is 0. The number of carbonyl (C=O) groups excluding carboxylic acids is 1. The van der Waals surface area contributed by atoms with Crippen molar-refractivity contribution in [1.29, 1.82) is 0 Å². The van der Waals surface area contributed by atoms with Crippen LogP contribution in [0.1, 0.15) is 12.8 Å². The summed E-state index contributed by atoms with van der Waals surface area (Å²) in [6, 6.07) is 6.57. The number of anilines is 3. The lowest BCUT2D eigenvalue weighted by molar-refractivity contribution is -0.132. The number of halogens is 2. The minimum atomic E-state index is -0.615. The van der Waals surface area contributed by atoms with Gasteiger partial charge in [-0.2, -0.15) is 19.5 Å². The number of hydrogen-bond donors (Lipinski definition) is 1. The molecule has 0 aliphatic carbocycles. The average molecular weight is 495 g/mol. The molecule has 5 heterocycles. The number of piperazine rings is 1. The molecule has 3 aromatic heterocycles. The van der Waals surface area contributed by atoms with Gasteiger partial charge in [0.15, 0.2) is 5.76 Å². The predicted octanol–water partition coefficient (Wildman–Crippen LogP) is 1.96. The normalized spacial score (nSPS) is 18.4. The van der Waals surface area contributed by atoms with Crippen LogP contribution >= 0.6 is 0 Å². The number of benzene rings is 1. The number of amides is 1. The minimum Gasteiger partial charge on any atom is -0.461 e. The van der Waals surface area contributed by atoms with E-state index in [1.54, 1.807) is 17.0 Å². The third-order valence-corrected chi connectivity index (χ3v) is 6.60. The Bertz CT molecular complexity index is 1420. The van der Waals surface area contributed by atoms with Crippen LogP contribution in [-0.4, -0.2) is 74.1 Å². The number of carbonyl (C=O) groups is 1. The van der Waals surface area contributed by atoms with Crippen molar-refractivity contribution < 1.29 is 18.0 Å². The van der Waals surface area contributed by atoms with E-state index in [-0.39, 0.29) is 17.6 Å². The predicted molar refractivity (Wildman–Crippen MR) is 126 cm³/mol. The second-order valence-electron chi connectivity index (χ2n) is 8.77. The second-order valence-corrected chi connectivity index (χ2v) is 8.77. The lowest BCUT2D eigenvalue weighted by Crippen LogP contribution is -2.54. The summed E-state index contributed by atoms with van der Waals surface area (Å²) in [5, 5.41) is 4.31. The van der Waals surface area contributed by atoms with Crippen LogP contribution in [0.2, 0.25) is 0 Å². The summed E-state index contributed by atoms with van der Waals surface area (Å²) < 4.78 is 34.1. The van der Waals surface area contributed by atoms with Gasteiger partial charge in [-0.15, -0.1) is 5.10 Å². The zero-order valence-electron chi connectivity index (χ0n) is 19.2. The fourth-order valence-electron chi connectivity index (χ4n) is 4.81. The smallest absolute Gasteiger partial charge is 0.259 e. The molecule has 1 aromatic carbocycles. The number of nitrogen functional groups attached to an aromatic ring is 1. The van der Waals surface area contributed by atoms with E-state index in [1.165, 1.54) is 22.9 Å². The van der Waals surface area contributed by atoms with Gasteiger partial charge in [0.25, 0.3) is 5.78 Å². The van der Waals surface area contributed by atoms with Crippen molar-refractivity contribution in [3.8, 4) is 11.6 Å². The highest BCUT2D eigenvalue weighted by atomic mass is 19.1. The van der Waals surface area contributed by atoms with Gasteiger partial charge in [0, 0.05) is 38.8 Å². The lowest BCUT2D eigenvalue weighted by atomic mass is 10.1. The quantitative estimate of drug-likeness (QED) is 0.453. The summed E-state index contributed by atoms with van der Waals surface area (Å²) >= 11 is 0. The Morgan fingerprint density at radius 3 is 2.64 bits per heavy atom. The van der Waals surface area contributed by atoms with Crippen molar-refractivity contribution in [2.45, 2.75) is 18.9 Å². The van der Waals surface area contributed by atoms with Crippen molar-refractivity contribution in [2.75, 3.05) is 48.3 Å². The highest BCUT2D eigenvalue weighted by Gasteiger charge is 2.37. The van der Waals surface area contributed by atoms with E-state index in [2.05, 4.69) is 20.1 Å². The molecule has 2 fully saturated rings. The minimum absolute atomic E-state index is 0.0356. The molecule has 1 amide bonds. The number of aromatic nitrogens is 5. The molecule has 2 saturated heterocycles. The highest BCUT2D eigenvalue weighted by Crippen LogP contribution is 2.27. The summed E-state index contributed by atoms with van der Waals surface area (Å²) in [4.78, 5) is 32.2. The van der Waals surface area contributed by atoms with Crippen LogP contribution in [0.3, 0.4) is 0 Å². The Morgan fingerprint density at radius 2 is 1.89 bits per heavy atom. The SMILES string of the molecule is Nc1nc(N2CCC[C@@H]2C(=O)N2CCN(c3ccc(F)cc3F)CC2)nc2nc(-c3ccco3)nn12. The van der Waals surface area contributed by atoms with E-state index in [0.29, 0.717) is 62.4 Å². The first-order chi connectivity index (χ1) is 17.5. The first-order valence-corrected chi connectivity index (χ1v) is 11.7. The molecule has 1 atom stereocenters. The van der Waals surface area contributed by atoms with Crippen LogP contribution < -0.4 is 15.5 Å². The molecule has 6 rings (SSSR count). The van der Waals surface area contributed by atoms with Crippen molar-refractivity contribution in [1.82, 2.24) is 29.5 Å². The van der Waals surface area contributed by atoms with Gasteiger partial charge >= 0.3 is 0 Å². The van der Waals surface area contributed by atoms with Gasteiger partial charge in [-0.25, -0.2) is 8.78 Å². The molecule has 2 N–H and O–H groups in total. The van der Waals surface area contributed by atoms with Gasteiger partial charge in [0.05, 0.1) is 12.0 Å².